The standard InChI is InChI=1S/C15H22N2O3/c1-2-20-14(18)9-4-3-5-10-17-13-8-6-7-12(11-13)15(16)19/h6-8,11,17H,2-5,9-10H2,1H3,(H2,16,19). The molecule has 0 fully saturated rings. The number of esters is 1. The molecule has 0 bridgehead atoms. The van der Waals surface area contributed by atoms with Gasteiger partial charge in [0.15, 0.2) is 0 Å². The van der Waals surface area contributed by atoms with Gasteiger partial charge in [0.2, 0.25) is 5.91 Å². The first-order valence-corrected chi connectivity index (χ1v) is 6.93. The van der Waals surface area contributed by atoms with Gasteiger partial charge in [-0.2, -0.15) is 0 Å². The van der Waals surface area contributed by atoms with Gasteiger partial charge in [0.25, 0.3) is 0 Å². The van der Waals surface area contributed by atoms with Crippen LogP contribution in [0, 0.1) is 0 Å². The van der Waals surface area contributed by atoms with Crippen LogP contribution < -0.4 is 11.1 Å². The predicted molar refractivity (Wildman–Crippen MR) is 78.6 cm³/mol. The number of amides is 1. The number of anilines is 1. The van der Waals surface area contributed by atoms with E-state index in [1.165, 1.54) is 0 Å². The Morgan fingerprint density at radius 3 is 2.75 bits per heavy atom. The summed E-state index contributed by atoms with van der Waals surface area (Å²) in [5.74, 6) is -0.558. The largest absolute Gasteiger partial charge is 0.466 e. The summed E-state index contributed by atoms with van der Waals surface area (Å²) in [5.41, 5.74) is 6.60. The van der Waals surface area contributed by atoms with E-state index in [1.807, 2.05) is 13.0 Å². The minimum Gasteiger partial charge on any atom is -0.466 e. The number of unbranched alkanes of at least 4 members (excludes halogenated alkanes) is 2. The van der Waals surface area contributed by atoms with E-state index in [-0.39, 0.29) is 5.97 Å². The number of nitrogens with one attached hydrogen (secondary N) is 1. The molecule has 1 aromatic carbocycles. The molecular weight excluding hydrogens is 256 g/mol. The normalized spacial score (nSPS) is 10.1. The second-order valence-electron chi connectivity index (χ2n) is 4.49. The van der Waals surface area contributed by atoms with Crippen LogP contribution in [0.1, 0.15) is 43.0 Å². The quantitative estimate of drug-likeness (QED) is 0.536. The van der Waals surface area contributed by atoms with E-state index in [0.717, 1.165) is 31.5 Å². The Morgan fingerprint density at radius 1 is 1.25 bits per heavy atom. The van der Waals surface area contributed by atoms with E-state index in [2.05, 4.69) is 5.32 Å². The Kier molecular flexibility index (Phi) is 7.17. The Morgan fingerprint density at radius 2 is 2.05 bits per heavy atom. The third-order valence-electron chi connectivity index (χ3n) is 2.84. The van der Waals surface area contributed by atoms with Crippen molar-refractivity contribution >= 4 is 17.6 Å². The molecule has 5 heteroatoms. The van der Waals surface area contributed by atoms with E-state index >= 15 is 0 Å². The van der Waals surface area contributed by atoms with E-state index in [9.17, 15) is 9.59 Å². The minimum atomic E-state index is -0.428. The van der Waals surface area contributed by atoms with Gasteiger partial charge >= 0.3 is 5.97 Å². The van der Waals surface area contributed by atoms with Crippen LogP contribution in [0.2, 0.25) is 0 Å². The first kappa shape index (κ1) is 16.0. The third kappa shape index (κ3) is 6.22. The molecule has 0 aliphatic rings. The van der Waals surface area contributed by atoms with Crippen LogP contribution in [0.5, 0.6) is 0 Å². The molecule has 0 aromatic heterocycles. The van der Waals surface area contributed by atoms with Crippen molar-refractivity contribution in [3.05, 3.63) is 29.8 Å². The highest BCUT2D eigenvalue weighted by molar-refractivity contribution is 5.93. The zero-order valence-electron chi connectivity index (χ0n) is 11.9. The van der Waals surface area contributed by atoms with Crippen LogP contribution in [0.4, 0.5) is 5.69 Å². The fourth-order valence-corrected chi connectivity index (χ4v) is 1.82. The van der Waals surface area contributed by atoms with Crippen molar-refractivity contribution in [3.63, 3.8) is 0 Å². The van der Waals surface area contributed by atoms with Crippen molar-refractivity contribution in [2.75, 3.05) is 18.5 Å². The number of hydrogen-bond acceptors (Lipinski definition) is 4. The number of primary amides is 1. The Balaban J connectivity index is 2.17. The van der Waals surface area contributed by atoms with Crippen LogP contribution >= 0.6 is 0 Å². The SMILES string of the molecule is CCOC(=O)CCCCCNc1cccc(C(N)=O)c1. The molecule has 0 aliphatic heterocycles. The van der Waals surface area contributed by atoms with Crippen LogP contribution in [0.15, 0.2) is 24.3 Å². The molecule has 1 rings (SSSR count). The van der Waals surface area contributed by atoms with Crippen LogP contribution in [-0.2, 0) is 9.53 Å². The molecule has 1 aromatic rings. The highest BCUT2D eigenvalue weighted by Gasteiger charge is 2.02. The fourth-order valence-electron chi connectivity index (χ4n) is 1.82. The maximum atomic E-state index is 11.1. The lowest BCUT2D eigenvalue weighted by molar-refractivity contribution is -0.143. The molecule has 1 amide bonds. The van der Waals surface area contributed by atoms with Gasteiger partial charge in [0.1, 0.15) is 0 Å². The van der Waals surface area contributed by atoms with Gasteiger partial charge in [0, 0.05) is 24.2 Å². The maximum Gasteiger partial charge on any atom is 0.305 e. The number of hydrogen-bond donors (Lipinski definition) is 2. The summed E-state index contributed by atoms with van der Waals surface area (Å²) in [6.07, 6.45) is 3.23. The molecule has 0 heterocycles. The summed E-state index contributed by atoms with van der Waals surface area (Å²) < 4.78 is 4.85. The van der Waals surface area contributed by atoms with Crippen molar-refractivity contribution in [3.8, 4) is 0 Å². The summed E-state index contributed by atoms with van der Waals surface area (Å²) in [4.78, 5) is 22.2. The predicted octanol–water partition coefficient (Wildman–Crippen LogP) is 2.32. The molecule has 3 N–H and O–H groups in total. The molecule has 0 spiro atoms. The number of ether oxygens (including phenoxy) is 1. The molecule has 0 unspecified atom stereocenters. The number of benzene rings is 1. The molecule has 0 aliphatic carbocycles. The van der Waals surface area contributed by atoms with Gasteiger partial charge in [0.05, 0.1) is 6.61 Å². The van der Waals surface area contributed by atoms with Crippen molar-refractivity contribution in [2.45, 2.75) is 32.6 Å². The third-order valence-corrected chi connectivity index (χ3v) is 2.84. The molecule has 0 saturated carbocycles. The number of carbonyl (C=O) groups is 2. The Hall–Kier alpha value is -2.04. The summed E-state index contributed by atoms with van der Waals surface area (Å²) >= 11 is 0. The lowest BCUT2D eigenvalue weighted by Crippen LogP contribution is -2.11. The smallest absolute Gasteiger partial charge is 0.305 e. The highest BCUT2D eigenvalue weighted by Crippen LogP contribution is 2.10. The van der Waals surface area contributed by atoms with E-state index in [4.69, 9.17) is 10.5 Å². The van der Waals surface area contributed by atoms with Crippen molar-refractivity contribution in [1.29, 1.82) is 0 Å². The summed E-state index contributed by atoms with van der Waals surface area (Å²) in [5, 5.41) is 3.23. The number of carbonyl (C=O) groups excluding carboxylic acids is 2. The number of nitrogens with two attached hydrogens (primary N) is 1. The van der Waals surface area contributed by atoms with Crippen LogP contribution in [0.25, 0.3) is 0 Å². The Labute approximate surface area is 119 Å². The van der Waals surface area contributed by atoms with E-state index in [1.54, 1.807) is 18.2 Å². The molecule has 0 saturated heterocycles. The Bertz CT molecular complexity index is 446. The zero-order chi connectivity index (χ0) is 14.8. The molecule has 0 atom stereocenters. The van der Waals surface area contributed by atoms with Gasteiger partial charge in [-0.15, -0.1) is 0 Å². The van der Waals surface area contributed by atoms with Gasteiger partial charge in [-0.05, 0) is 38.0 Å². The first-order chi connectivity index (χ1) is 9.63. The first-order valence-electron chi connectivity index (χ1n) is 6.93. The average molecular weight is 278 g/mol. The van der Waals surface area contributed by atoms with Crippen LogP contribution in [0.3, 0.4) is 0 Å². The van der Waals surface area contributed by atoms with E-state index < -0.39 is 5.91 Å². The van der Waals surface area contributed by atoms with Crippen LogP contribution in [-0.4, -0.2) is 25.0 Å². The van der Waals surface area contributed by atoms with E-state index in [0.29, 0.717) is 18.6 Å². The molecule has 5 nitrogen and oxygen atoms in total. The summed E-state index contributed by atoms with van der Waals surface area (Å²) in [6.45, 7) is 3.05. The molecule has 20 heavy (non-hydrogen) atoms. The fraction of sp³-hybridized carbons (Fsp3) is 0.467. The van der Waals surface area contributed by atoms with Crippen molar-refractivity contribution < 1.29 is 14.3 Å². The van der Waals surface area contributed by atoms with Crippen molar-refractivity contribution in [1.82, 2.24) is 0 Å². The molecule has 0 radical (unpaired) electrons. The summed E-state index contributed by atoms with van der Waals surface area (Å²) in [6, 6.07) is 7.11. The number of rotatable bonds is 9. The van der Waals surface area contributed by atoms with Gasteiger partial charge in [-0.3, -0.25) is 9.59 Å². The highest BCUT2D eigenvalue weighted by atomic mass is 16.5. The lowest BCUT2D eigenvalue weighted by Gasteiger charge is -2.07. The van der Waals surface area contributed by atoms with Gasteiger partial charge < -0.3 is 15.8 Å². The molecular formula is C15H22N2O3. The maximum absolute atomic E-state index is 11.1. The van der Waals surface area contributed by atoms with Gasteiger partial charge in [-0.25, -0.2) is 0 Å². The average Bonchev–Trinajstić information content (AvgIpc) is 2.43. The monoisotopic (exact) mass is 278 g/mol. The summed E-state index contributed by atoms with van der Waals surface area (Å²) in [7, 11) is 0. The van der Waals surface area contributed by atoms with Gasteiger partial charge in [-0.1, -0.05) is 12.5 Å². The lowest BCUT2D eigenvalue weighted by atomic mass is 10.1. The minimum absolute atomic E-state index is 0.130. The van der Waals surface area contributed by atoms with Crippen molar-refractivity contribution in [2.24, 2.45) is 5.73 Å². The topological polar surface area (TPSA) is 81.4 Å². The molecule has 110 valence electrons. The second-order valence-corrected chi connectivity index (χ2v) is 4.49. The zero-order valence-corrected chi connectivity index (χ0v) is 11.9. The second kappa shape index (κ2) is 8.96.